The molecule has 30 heavy (non-hydrogen) atoms. The molecule has 0 aliphatic carbocycles. The van der Waals surface area contributed by atoms with Crippen LogP contribution in [-0.4, -0.2) is 41.6 Å². The molecule has 1 N–H and O–H groups in total. The molecule has 150 valence electrons. The van der Waals surface area contributed by atoms with Crippen LogP contribution in [0.5, 0.6) is 0 Å². The summed E-state index contributed by atoms with van der Waals surface area (Å²) in [5, 5.41) is 10.5. The van der Waals surface area contributed by atoms with E-state index in [-0.39, 0.29) is 19.0 Å². The Labute approximate surface area is 170 Å². The highest BCUT2D eigenvalue weighted by atomic mass is 16.5. The highest BCUT2D eigenvalue weighted by Crippen LogP contribution is 2.42. The molecule has 2 aliphatic rings. The summed E-state index contributed by atoms with van der Waals surface area (Å²) >= 11 is 0. The van der Waals surface area contributed by atoms with Crippen LogP contribution in [-0.2, 0) is 16.1 Å². The zero-order valence-corrected chi connectivity index (χ0v) is 15.9. The van der Waals surface area contributed by atoms with Crippen molar-refractivity contribution in [3.63, 3.8) is 0 Å². The lowest BCUT2D eigenvalue weighted by Crippen LogP contribution is -2.32. The van der Waals surface area contributed by atoms with E-state index in [4.69, 9.17) is 9.47 Å². The second-order valence-corrected chi connectivity index (χ2v) is 7.02. The van der Waals surface area contributed by atoms with Crippen LogP contribution in [0.25, 0.3) is 10.9 Å². The van der Waals surface area contributed by atoms with Crippen molar-refractivity contribution in [3.8, 4) is 0 Å². The van der Waals surface area contributed by atoms with Gasteiger partial charge in [0.05, 0.1) is 42.5 Å². The number of hydrogen-bond donors (Lipinski definition) is 1. The third-order valence-corrected chi connectivity index (χ3v) is 5.46. The van der Waals surface area contributed by atoms with Gasteiger partial charge < -0.3 is 14.6 Å². The average Bonchev–Trinajstić information content (AvgIpc) is 3.32. The number of aromatic nitrogens is 1. The minimum atomic E-state index is -0.738. The summed E-state index contributed by atoms with van der Waals surface area (Å²) in [6, 6.07) is 11.4. The molecule has 5 rings (SSSR count). The zero-order valence-electron chi connectivity index (χ0n) is 15.9. The monoisotopic (exact) mass is 404 g/mol. The summed E-state index contributed by atoms with van der Waals surface area (Å²) in [6.07, 6.45) is -0.738. The number of carbonyl (C=O) groups excluding carboxylic acids is 3. The molecule has 0 saturated carbocycles. The Hall–Kier alpha value is -3.62. The highest BCUT2D eigenvalue weighted by molar-refractivity contribution is 6.34. The van der Waals surface area contributed by atoms with Crippen molar-refractivity contribution in [1.82, 2.24) is 4.98 Å². The van der Waals surface area contributed by atoms with Crippen molar-refractivity contribution in [1.29, 1.82) is 0 Å². The van der Waals surface area contributed by atoms with Gasteiger partial charge in [0, 0.05) is 10.9 Å². The van der Waals surface area contributed by atoms with E-state index in [1.807, 2.05) is 0 Å². The smallest absolute Gasteiger partial charge is 0.337 e. The van der Waals surface area contributed by atoms with Crippen LogP contribution in [0, 0.1) is 0 Å². The number of aliphatic hydroxyl groups excluding tert-OH is 1. The van der Waals surface area contributed by atoms with Crippen LogP contribution in [0.15, 0.2) is 42.5 Å². The number of carbonyl (C=O) groups is 3. The fraction of sp³-hybridized carbons (Fsp3) is 0.182. The second-order valence-electron chi connectivity index (χ2n) is 7.02. The third kappa shape index (κ3) is 2.47. The first-order chi connectivity index (χ1) is 14.5. The van der Waals surface area contributed by atoms with Gasteiger partial charge in [0.15, 0.2) is 0 Å². The maximum Gasteiger partial charge on any atom is 0.337 e. The highest BCUT2D eigenvalue weighted by Gasteiger charge is 2.41. The molecule has 0 saturated heterocycles. The Balaban J connectivity index is 1.75. The predicted octanol–water partition coefficient (Wildman–Crippen LogP) is 2.39. The Morgan fingerprint density at radius 1 is 1.20 bits per heavy atom. The van der Waals surface area contributed by atoms with Crippen LogP contribution in [0.4, 0.5) is 5.82 Å². The molecule has 8 heteroatoms. The second kappa shape index (κ2) is 6.72. The SMILES string of the molecule is COC(=O)c1ccc2nc(N3C(=O)c4ccccc4C3=O)c3c(c2c1)COC3CO. The summed E-state index contributed by atoms with van der Waals surface area (Å²) in [4.78, 5) is 43.6. The van der Waals surface area contributed by atoms with Gasteiger partial charge in [0.2, 0.25) is 0 Å². The van der Waals surface area contributed by atoms with Gasteiger partial charge in [-0.3, -0.25) is 9.59 Å². The number of rotatable bonds is 3. The molecule has 0 bridgehead atoms. The molecule has 1 unspecified atom stereocenters. The fourth-order valence-electron chi connectivity index (χ4n) is 4.03. The molecular formula is C22H16N2O6. The Morgan fingerprint density at radius 3 is 2.53 bits per heavy atom. The molecule has 3 aromatic rings. The van der Waals surface area contributed by atoms with E-state index in [1.165, 1.54) is 7.11 Å². The van der Waals surface area contributed by atoms with E-state index >= 15 is 0 Å². The van der Waals surface area contributed by atoms with Crippen LogP contribution in [0.2, 0.25) is 0 Å². The summed E-state index contributed by atoms with van der Waals surface area (Å²) in [7, 11) is 1.30. The summed E-state index contributed by atoms with van der Waals surface area (Å²) in [6.45, 7) is -0.187. The standard InChI is InChI=1S/C22H16N2O6/c1-29-22(28)11-6-7-16-14(8-11)15-10-30-17(9-25)18(15)19(23-16)24-20(26)12-4-2-3-5-13(12)21(24)27/h2-8,17,25H,9-10H2,1H3. The van der Waals surface area contributed by atoms with Crippen LogP contribution >= 0.6 is 0 Å². The molecule has 0 spiro atoms. The maximum atomic E-state index is 13.0. The largest absolute Gasteiger partial charge is 0.465 e. The summed E-state index contributed by atoms with van der Waals surface area (Å²) in [5.74, 6) is -1.29. The average molecular weight is 404 g/mol. The first-order valence-electron chi connectivity index (χ1n) is 9.30. The molecule has 0 radical (unpaired) electrons. The molecule has 2 amide bonds. The van der Waals surface area contributed by atoms with Gasteiger partial charge in [-0.2, -0.15) is 0 Å². The van der Waals surface area contributed by atoms with E-state index in [9.17, 15) is 19.5 Å². The molecule has 3 heterocycles. The summed E-state index contributed by atoms with van der Waals surface area (Å²) < 4.78 is 10.5. The lowest BCUT2D eigenvalue weighted by Gasteiger charge is -2.20. The zero-order chi connectivity index (χ0) is 21.0. The van der Waals surface area contributed by atoms with Gasteiger partial charge in [0.1, 0.15) is 11.9 Å². The van der Waals surface area contributed by atoms with Crippen molar-refractivity contribution >= 4 is 34.5 Å². The van der Waals surface area contributed by atoms with Gasteiger partial charge in [0.25, 0.3) is 11.8 Å². The lowest BCUT2D eigenvalue weighted by molar-refractivity contribution is 0.0236. The minimum Gasteiger partial charge on any atom is -0.465 e. The predicted molar refractivity (Wildman–Crippen MR) is 105 cm³/mol. The number of aliphatic hydroxyl groups is 1. The number of fused-ring (bicyclic) bond motifs is 4. The van der Waals surface area contributed by atoms with Gasteiger partial charge in [-0.1, -0.05) is 12.1 Å². The number of nitrogens with zero attached hydrogens (tertiary/aromatic N) is 2. The Bertz CT molecular complexity index is 1220. The van der Waals surface area contributed by atoms with Crippen LogP contribution in [0.3, 0.4) is 0 Å². The van der Waals surface area contributed by atoms with Crippen molar-refractivity contribution < 1.29 is 29.0 Å². The van der Waals surface area contributed by atoms with Crippen molar-refractivity contribution in [2.45, 2.75) is 12.7 Å². The number of anilines is 1. The number of amides is 2. The van der Waals surface area contributed by atoms with Crippen molar-refractivity contribution in [3.05, 3.63) is 70.3 Å². The van der Waals surface area contributed by atoms with Gasteiger partial charge in [-0.05, 0) is 35.9 Å². The van der Waals surface area contributed by atoms with E-state index in [1.54, 1.807) is 42.5 Å². The molecule has 2 aromatic carbocycles. The minimum absolute atomic E-state index is 0.145. The number of pyridine rings is 1. The molecule has 1 aromatic heterocycles. The normalized spacial score (nSPS) is 17.4. The summed E-state index contributed by atoms with van der Waals surface area (Å²) in [5.41, 5.74) is 2.60. The number of benzene rings is 2. The molecule has 8 nitrogen and oxygen atoms in total. The lowest BCUT2D eigenvalue weighted by atomic mass is 9.99. The van der Waals surface area contributed by atoms with Crippen molar-refractivity contribution in [2.75, 3.05) is 18.6 Å². The first kappa shape index (κ1) is 18.4. The van der Waals surface area contributed by atoms with Gasteiger partial charge in [-0.15, -0.1) is 0 Å². The molecule has 2 aliphatic heterocycles. The fourth-order valence-corrected chi connectivity index (χ4v) is 4.03. The Morgan fingerprint density at radius 2 is 1.90 bits per heavy atom. The third-order valence-electron chi connectivity index (χ3n) is 5.46. The van der Waals surface area contributed by atoms with Crippen LogP contribution in [0.1, 0.15) is 48.3 Å². The molecule has 0 fully saturated rings. The van der Waals surface area contributed by atoms with Gasteiger partial charge in [-0.25, -0.2) is 14.7 Å². The Kier molecular flexibility index (Phi) is 4.12. The van der Waals surface area contributed by atoms with E-state index in [0.29, 0.717) is 38.7 Å². The number of esters is 1. The van der Waals surface area contributed by atoms with Crippen LogP contribution < -0.4 is 4.90 Å². The maximum absolute atomic E-state index is 13.0. The van der Waals surface area contributed by atoms with Crippen molar-refractivity contribution in [2.24, 2.45) is 0 Å². The van der Waals surface area contributed by atoms with E-state index < -0.39 is 23.9 Å². The number of hydrogen-bond acceptors (Lipinski definition) is 7. The number of ether oxygens (including phenoxy) is 2. The first-order valence-corrected chi connectivity index (χ1v) is 9.30. The molecule has 1 atom stereocenters. The topological polar surface area (TPSA) is 106 Å². The molecular weight excluding hydrogens is 388 g/mol. The quantitative estimate of drug-likeness (QED) is 0.528. The van der Waals surface area contributed by atoms with E-state index in [0.717, 1.165) is 4.90 Å². The van der Waals surface area contributed by atoms with Gasteiger partial charge >= 0.3 is 5.97 Å². The number of methoxy groups -OCH3 is 1. The number of imide groups is 1. The van der Waals surface area contributed by atoms with E-state index in [2.05, 4.69) is 4.98 Å².